The molecule has 0 saturated carbocycles. The van der Waals surface area contributed by atoms with Crippen LogP contribution in [0, 0.1) is 11.3 Å². The first-order valence-electron chi connectivity index (χ1n) is 8.55. The number of anilines is 1. The average molecular weight is 466 g/mol. The minimum Gasteiger partial charge on any atom is -0.358 e. The third-order valence-electron chi connectivity index (χ3n) is 4.47. The molecule has 2 aromatic heterocycles. The number of rotatable bonds is 4. The highest BCUT2D eigenvalue weighted by molar-refractivity contribution is 7.92. The zero-order chi connectivity index (χ0) is 22.4. The summed E-state index contributed by atoms with van der Waals surface area (Å²) < 4.78 is 67.7. The number of aromatic nitrogens is 3. The summed E-state index contributed by atoms with van der Waals surface area (Å²) in [6.07, 6.45) is -0.957. The van der Waals surface area contributed by atoms with Crippen LogP contribution in [0.4, 0.5) is 18.9 Å². The third-order valence-corrected chi connectivity index (χ3v) is 6.10. The lowest BCUT2D eigenvalue weighted by Crippen LogP contribution is -2.12. The van der Waals surface area contributed by atoms with Gasteiger partial charge >= 0.3 is 6.18 Å². The maximum Gasteiger partial charge on any atom is 0.416 e. The molecule has 12 heteroatoms. The summed E-state index contributed by atoms with van der Waals surface area (Å²) in [7, 11) is -4.09. The van der Waals surface area contributed by atoms with E-state index in [9.17, 15) is 26.9 Å². The number of benzene rings is 2. The lowest BCUT2D eigenvalue weighted by Gasteiger charge is -2.10. The minimum absolute atomic E-state index is 0.00945. The Labute approximate surface area is 178 Å². The van der Waals surface area contributed by atoms with Crippen molar-refractivity contribution >= 4 is 38.2 Å². The van der Waals surface area contributed by atoms with E-state index in [0.29, 0.717) is 22.0 Å². The van der Waals surface area contributed by atoms with Gasteiger partial charge in [-0.1, -0.05) is 23.7 Å². The van der Waals surface area contributed by atoms with E-state index < -0.39 is 21.8 Å². The predicted octanol–water partition coefficient (Wildman–Crippen LogP) is 4.70. The zero-order valence-electron chi connectivity index (χ0n) is 15.3. The molecular weight excluding hydrogens is 455 g/mol. The molecule has 2 heterocycles. The second-order valence-electron chi connectivity index (χ2n) is 6.43. The van der Waals surface area contributed by atoms with Crippen LogP contribution in [0.2, 0.25) is 5.02 Å². The molecule has 0 unspecified atom stereocenters. The summed E-state index contributed by atoms with van der Waals surface area (Å²) in [6, 6.07) is 9.09. The van der Waals surface area contributed by atoms with E-state index in [1.54, 1.807) is 24.3 Å². The number of H-pyrrole nitrogens is 1. The first-order chi connectivity index (χ1) is 14.6. The van der Waals surface area contributed by atoms with Gasteiger partial charge in [-0.3, -0.25) is 4.72 Å². The van der Waals surface area contributed by atoms with Crippen molar-refractivity contribution in [1.82, 2.24) is 14.8 Å². The monoisotopic (exact) mass is 465 g/mol. The van der Waals surface area contributed by atoms with Gasteiger partial charge in [0.05, 0.1) is 45.4 Å². The standard InChI is InChI=1S/C19H11ClF3N5O2S/c20-15-9-25-18-14(15)2-1-3-16(18)27-31(29,30)13-8-26-28(10-13)17-5-4-12(19(21,22)23)6-11(17)7-24/h1-6,8-10,25,27H. The quantitative estimate of drug-likeness (QED) is 0.456. The molecule has 0 amide bonds. The molecule has 0 spiro atoms. The molecule has 4 aromatic rings. The van der Waals surface area contributed by atoms with Crippen molar-refractivity contribution < 1.29 is 21.6 Å². The maximum atomic E-state index is 12.9. The van der Waals surface area contributed by atoms with Gasteiger partial charge < -0.3 is 4.98 Å². The van der Waals surface area contributed by atoms with Crippen molar-refractivity contribution in [3.8, 4) is 11.8 Å². The Morgan fingerprint density at radius 1 is 1.23 bits per heavy atom. The van der Waals surface area contributed by atoms with Gasteiger partial charge in [0.1, 0.15) is 11.0 Å². The molecule has 158 valence electrons. The Morgan fingerprint density at radius 2 is 2.00 bits per heavy atom. The zero-order valence-corrected chi connectivity index (χ0v) is 16.8. The lowest BCUT2D eigenvalue weighted by atomic mass is 10.1. The van der Waals surface area contributed by atoms with Gasteiger partial charge in [0.15, 0.2) is 0 Å². The van der Waals surface area contributed by atoms with E-state index in [2.05, 4.69) is 14.8 Å². The van der Waals surface area contributed by atoms with Crippen molar-refractivity contribution in [2.24, 2.45) is 0 Å². The van der Waals surface area contributed by atoms with Crippen molar-refractivity contribution in [3.05, 3.63) is 71.1 Å². The number of aromatic amines is 1. The number of alkyl halides is 3. The number of nitriles is 1. The van der Waals surface area contributed by atoms with Crippen molar-refractivity contribution in [1.29, 1.82) is 5.26 Å². The van der Waals surface area contributed by atoms with E-state index in [1.165, 1.54) is 6.20 Å². The number of para-hydroxylation sites is 1. The highest BCUT2D eigenvalue weighted by Crippen LogP contribution is 2.32. The Balaban J connectivity index is 1.69. The van der Waals surface area contributed by atoms with E-state index >= 15 is 0 Å². The van der Waals surface area contributed by atoms with Gasteiger partial charge in [0.25, 0.3) is 10.0 Å². The summed E-state index contributed by atoms with van der Waals surface area (Å²) >= 11 is 6.05. The van der Waals surface area contributed by atoms with Gasteiger partial charge in [0.2, 0.25) is 0 Å². The SMILES string of the molecule is N#Cc1cc(C(F)(F)F)ccc1-n1cc(S(=O)(=O)Nc2cccc3c(Cl)c[nH]c23)cn1. The van der Waals surface area contributed by atoms with Crippen molar-refractivity contribution in [3.63, 3.8) is 0 Å². The van der Waals surface area contributed by atoms with Crippen LogP contribution in [-0.4, -0.2) is 23.2 Å². The largest absolute Gasteiger partial charge is 0.416 e. The van der Waals surface area contributed by atoms with E-state index in [-0.39, 0.29) is 21.8 Å². The number of nitrogens with zero attached hydrogens (tertiary/aromatic N) is 3. The molecule has 0 fully saturated rings. The van der Waals surface area contributed by atoms with Gasteiger partial charge in [0, 0.05) is 11.6 Å². The van der Waals surface area contributed by atoms with Gasteiger partial charge in [-0.05, 0) is 24.3 Å². The van der Waals surface area contributed by atoms with Crippen LogP contribution in [0.25, 0.3) is 16.6 Å². The smallest absolute Gasteiger partial charge is 0.358 e. The summed E-state index contributed by atoms with van der Waals surface area (Å²) in [5, 5.41) is 14.2. The first-order valence-corrected chi connectivity index (χ1v) is 10.4. The average Bonchev–Trinajstić information content (AvgIpc) is 3.35. The Morgan fingerprint density at radius 3 is 2.71 bits per heavy atom. The fourth-order valence-corrected chi connectivity index (χ4v) is 4.20. The van der Waals surface area contributed by atoms with Gasteiger partial charge in [-0.15, -0.1) is 0 Å². The molecule has 0 saturated heterocycles. The molecule has 2 aromatic carbocycles. The normalized spacial score (nSPS) is 12.1. The fourth-order valence-electron chi connectivity index (χ4n) is 2.99. The molecule has 2 N–H and O–H groups in total. The minimum atomic E-state index is -4.62. The van der Waals surface area contributed by atoms with Crippen LogP contribution in [-0.2, 0) is 16.2 Å². The van der Waals surface area contributed by atoms with Crippen LogP contribution in [0.5, 0.6) is 0 Å². The molecule has 0 atom stereocenters. The van der Waals surface area contributed by atoms with Crippen molar-refractivity contribution in [2.75, 3.05) is 4.72 Å². The van der Waals surface area contributed by atoms with E-state index in [1.807, 2.05) is 0 Å². The Bertz CT molecular complexity index is 1450. The van der Waals surface area contributed by atoms with Crippen LogP contribution in [0.1, 0.15) is 11.1 Å². The summed E-state index contributed by atoms with van der Waals surface area (Å²) in [6.45, 7) is 0. The molecule has 0 bridgehead atoms. The topological polar surface area (TPSA) is 104 Å². The van der Waals surface area contributed by atoms with Crippen LogP contribution in [0.3, 0.4) is 0 Å². The highest BCUT2D eigenvalue weighted by Gasteiger charge is 2.31. The molecule has 0 aliphatic carbocycles. The van der Waals surface area contributed by atoms with Crippen LogP contribution >= 0.6 is 11.6 Å². The second-order valence-corrected chi connectivity index (χ2v) is 8.52. The molecule has 0 radical (unpaired) electrons. The predicted molar refractivity (Wildman–Crippen MR) is 107 cm³/mol. The van der Waals surface area contributed by atoms with E-state index in [0.717, 1.165) is 29.2 Å². The number of sulfonamides is 1. The number of nitrogens with one attached hydrogen (secondary N) is 2. The lowest BCUT2D eigenvalue weighted by molar-refractivity contribution is -0.137. The molecule has 0 aliphatic rings. The molecule has 0 aliphatic heterocycles. The Hall–Kier alpha value is -3.49. The number of fused-ring (bicyclic) bond motifs is 1. The summed E-state index contributed by atoms with van der Waals surface area (Å²) in [5.74, 6) is 0. The van der Waals surface area contributed by atoms with Crippen molar-refractivity contribution in [2.45, 2.75) is 11.1 Å². The second kappa shape index (κ2) is 7.33. The number of hydrogen-bond donors (Lipinski definition) is 2. The van der Waals surface area contributed by atoms with Gasteiger partial charge in [-0.25, -0.2) is 13.1 Å². The van der Waals surface area contributed by atoms with E-state index in [4.69, 9.17) is 11.6 Å². The molecular formula is C19H11ClF3N5O2S. The fraction of sp³-hybridized carbons (Fsp3) is 0.0526. The van der Waals surface area contributed by atoms with Crippen LogP contribution in [0.15, 0.2) is 59.9 Å². The molecule has 31 heavy (non-hydrogen) atoms. The molecule has 7 nitrogen and oxygen atoms in total. The van der Waals surface area contributed by atoms with Crippen LogP contribution < -0.4 is 4.72 Å². The summed E-state index contributed by atoms with van der Waals surface area (Å²) in [5.41, 5.74) is -0.551. The maximum absolute atomic E-state index is 12.9. The Kier molecular flexibility index (Phi) is 4.91. The summed E-state index contributed by atoms with van der Waals surface area (Å²) in [4.78, 5) is 2.64. The molecule has 4 rings (SSSR count). The van der Waals surface area contributed by atoms with Gasteiger partial charge in [-0.2, -0.15) is 23.5 Å². The third kappa shape index (κ3) is 3.83. The number of halogens is 4. The first kappa shape index (κ1) is 20.8. The highest BCUT2D eigenvalue weighted by atomic mass is 35.5. The number of hydrogen-bond acceptors (Lipinski definition) is 4.